The number of hydrogen-bond acceptors (Lipinski definition) is 6. The first kappa shape index (κ1) is 27.9. The molecule has 3 rings (SSSR count). The highest BCUT2D eigenvalue weighted by Crippen LogP contribution is 2.30. The number of rotatable bonds is 12. The Balaban J connectivity index is 1.77. The maximum Gasteiger partial charge on any atom is 0.255 e. The van der Waals surface area contributed by atoms with Gasteiger partial charge in [-0.15, -0.1) is 0 Å². The fourth-order valence-electron chi connectivity index (χ4n) is 3.65. The molecule has 0 aromatic heterocycles. The van der Waals surface area contributed by atoms with Crippen molar-refractivity contribution in [3.63, 3.8) is 0 Å². The van der Waals surface area contributed by atoms with Gasteiger partial charge in [-0.3, -0.25) is 4.79 Å². The van der Waals surface area contributed by atoms with Crippen LogP contribution in [-0.2, 0) is 21.2 Å². The molecule has 0 atom stereocenters. The van der Waals surface area contributed by atoms with Gasteiger partial charge in [0.15, 0.2) is 11.5 Å². The van der Waals surface area contributed by atoms with Crippen molar-refractivity contribution in [1.29, 1.82) is 0 Å². The number of amides is 1. The molecule has 0 heterocycles. The van der Waals surface area contributed by atoms with Gasteiger partial charge in [-0.25, -0.2) is 13.8 Å². The molecule has 0 aliphatic heterocycles. The summed E-state index contributed by atoms with van der Waals surface area (Å²) in [5, 5.41) is 4.01. The molecule has 0 aliphatic rings. The van der Waals surface area contributed by atoms with Crippen LogP contribution in [0.3, 0.4) is 0 Å². The van der Waals surface area contributed by atoms with Crippen molar-refractivity contribution in [3.8, 4) is 11.5 Å². The molecule has 0 unspecified atom stereocenters. The van der Waals surface area contributed by atoms with Gasteiger partial charge in [-0.1, -0.05) is 68.4 Å². The van der Waals surface area contributed by atoms with Crippen LogP contribution in [0.25, 0.3) is 0 Å². The highest BCUT2D eigenvalue weighted by atomic mass is 32.2. The van der Waals surface area contributed by atoms with Crippen LogP contribution < -0.4 is 14.9 Å². The van der Waals surface area contributed by atoms with Crippen molar-refractivity contribution in [1.82, 2.24) is 9.73 Å². The standard InChI is InChI=1S/C28H33N3O5S/c1-21(2)24-12-10-23(11-13-24)19-29-30-28(32)20-31(17-16-22-8-6-5-7-9-22)37(33,34)25-14-15-26(35-3)27(18-25)36-4/h5-15,18-19,21H,16-17,20H2,1-4H3,(H,30,32)/b29-19-. The van der Waals surface area contributed by atoms with Crippen LogP contribution in [0.2, 0.25) is 0 Å². The van der Waals surface area contributed by atoms with Crippen LogP contribution in [-0.4, -0.2) is 52.2 Å². The van der Waals surface area contributed by atoms with Crippen molar-refractivity contribution in [3.05, 3.63) is 89.5 Å². The third-order valence-corrected chi connectivity index (χ3v) is 7.65. The summed E-state index contributed by atoms with van der Waals surface area (Å²) in [6.07, 6.45) is 1.96. The summed E-state index contributed by atoms with van der Waals surface area (Å²) in [6.45, 7) is 3.94. The summed E-state index contributed by atoms with van der Waals surface area (Å²) in [5.41, 5.74) is 5.43. The third-order valence-electron chi connectivity index (χ3n) is 5.81. The minimum atomic E-state index is -4.03. The number of sulfonamides is 1. The van der Waals surface area contributed by atoms with Crippen molar-refractivity contribution in [2.24, 2.45) is 5.10 Å². The highest BCUT2D eigenvalue weighted by molar-refractivity contribution is 7.89. The van der Waals surface area contributed by atoms with Crippen molar-refractivity contribution in [2.75, 3.05) is 27.3 Å². The molecule has 0 radical (unpaired) electrons. The minimum Gasteiger partial charge on any atom is -0.493 e. The Morgan fingerprint density at radius 1 is 0.973 bits per heavy atom. The highest BCUT2D eigenvalue weighted by Gasteiger charge is 2.27. The summed E-state index contributed by atoms with van der Waals surface area (Å²) in [7, 11) is -1.12. The number of ether oxygens (including phenoxy) is 2. The lowest BCUT2D eigenvalue weighted by Gasteiger charge is -2.22. The number of methoxy groups -OCH3 is 2. The fourth-order valence-corrected chi connectivity index (χ4v) is 5.06. The van der Waals surface area contributed by atoms with Gasteiger partial charge in [0.2, 0.25) is 10.0 Å². The summed E-state index contributed by atoms with van der Waals surface area (Å²) < 4.78 is 38.7. The second kappa shape index (κ2) is 13.0. The average Bonchev–Trinajstić information content (AvgIpc) is 2.91. The van der Waals surface area contributed by atoms with Crippen LogP contribution in [0.5, 0.6) is 11.5 Å². The third kappa shape index (κ3) is 7.65. The normalized spacial score (nSPS) is 11.7. The van der Waals surface area contributed by atoms with Crippen molar-refractivity contribution >= 4 is 22.1 Å². The van der Waals surface area contributed by atoms with E-state index in [1.165, 1.54) is 44.2 Å². The molecule has 196 valence electrons. The van der Waals surface area contributed by atoms with E-state index in [1.807, 2.05) is 54.6 Å². The van der Waals surface area contributed by atoms with Gasteiger partial charge in [-0.2, -0.15) is 9.41 Å². The molecule has 9 heteroatoms. The first-order chi connectivity index (χ1) is 17.7. The number of hydrazone groups is 1. The molecule has 1 amide bonds. The first-order valence-electron chi connectivity index (χ1n) is 11.9. The molecule has 1 N–H and O–H groups in total. The number of nitrogens with zero attached hydrogens (tertiary/aromatic N) is 2. The van der Waals surface area contributed by atoms with E-state index in [-0.39, 0.29) is 17.2 Å². The lowest BCUT2D eigenvalue weighted by molar-refractivity contribution is -0.121. The Hall–Kier alpha value is -3.69. The lowest BCUT2D eigenvalue weighted by atomic mass is 10.0. The Labute approximate surface area is 219 Å². The quantitative estimate of drug-likeness (QED) is 0.283. The predicted octanol–water partition coefficient (Wildman–Crippen LogP) is 4.21. The van der Waals surface area contributed by atoms with E-state index >= 15 is 0 Å². The molecule has 0 bridgehead atoms. The molecular formula is C28H33N3O5S. The summed E-state index contributed by atoms with van der Waals surface area (Å²) >= 11 is 0. The van der Waals surface area contributed by atoms with Gasteiger partial charge in [0.1, 0.15) is 0 Å². The Bertz CT molecular complexity index is 1310. The van der Waals surface area contributed by atoms with Crippen LogP contribution in [0.4, 0.5) is 0 Å². The summed E-state index contributed by atoms with van der Waals surface area (Å²) in [6, 6.07) is 21.7. The number of nitrogens with one attached hydrogen (secondary N) is 1. The average molecular weight is 524 g/mol. The smallest absolute Gasteiger partial charge is 0.255 e. The van der Waals surface area contributed by atoms with Gasteiger partial charge >= 0.3 is 0 Å². The second-order valence-corrected chi connectivity index (χ2v) is 10.6. The predicted molar refractivity (Wildman–Crippen MR) is 145 cm³/mol. The molecular weight excluding hydrogens is 490 g/mol. The maximum absolute atomic E-state index is 13.6. The van der Waals surface area contributed by atoms with Gasteiger partial charge in [-0.05, 0) is 41.2 Å². The fraction of sp³-hybridized carbons (Fsp3) is 0.286. The number of carbonyl (C=O) groups excluding carboxylic acids is 1. The monoisotopic (exact) mass is 523 g/mol. The molecule has 37 heavy (non-hydrogen) atoms. The Morgan fingerprint density at radius 3 is 2.27 bits per heavy atom. The largest absolute Gasteiger partial charge is 0.493 e. The van der Waals surface area contributed by atoms with E-state index < -0.39 is 22.5 Å². The summed E-state index contributed by atoms with van der Waals surface area (Å²) in [5.74, 6) is 0.558. The zero-order chi connectivity index (χ0) is 26.8. The van der Waals surface area contributed by atoms with E-state index in [0.29, 0.717) is 18.1 Å². The zero-order valence-electron chi connectivity index (χ0n) is 21.5. The molecule has 0 aliphatic carbocycles. The lowest BCUT2D eigenvalue weighted by Crippen LogP contribution is -2.40. The van der Waals surface area contributed by atoms with Gasteiger partial charge in [0.05, 0.1) is 31.9 Å². The van der Waals surface area contributed by atoms with Crippen molar-refractivity contribution < 1.29 is 22.7 Å². The maximum atomic E-state index is 13.6. The molecule has 8 nitrogen and oxygen atoms in total. The topological polar surface area (TPSA) is 97.3 Å². The molecule has 0 spiro atoms. The molecule has 0 saturated carbocycles. The molecule has 3 aromatic rings. The van der Waals surface area contributed by atoms with Crippen LogP contribution in [0.1, 0.15) is 36.5 Å². The zero-order valence-corrected chi connectivity index (χ0v) is 22.4. The summed E-state index contributed by atoms with van der Waals surface area (Å²) in [4.78, 5) is 12.7. The van der Waals surface area contributed by atoms with Crippen LogP contribution >= 0.6 is 0 Å². The molecule has 0 saturated heterocycles. The number of benzene rings is 3. The van der Waals surface area contributed by atoms with E-state index in [1.54, 1.807) is 0 Å². The number of carbonyl (C=O) groups is 1. The van der Waals surface area contributed by atoms with Crippen molar-refractivity contribution in [2.45, 2.75) is 31.1 Å². The minimum absolute atomic E-state index is 0.000227. The van der Waals surface area contributed by atoms with Gasteiger partial charge in [0.25, 0.3) is 5.91 Å². The first-order valence-corrected chi connectivity index (χ1v) is 13.4. The Kier molecular flexibility index (Phi) is 9.82. The van der Waals surface area contributed by atoms with E-state index in [2.05, 4.69) is 24.4 Å². The molecule has 3 aromatic carbocycles. The molecule has 0 fully saturated rings. The van der Waals surface area contributed by atoms with Gasteiger partial charge < -0.3 is 9.47 Å². The van der Waals surface area contributed by atoms with E-state index in [0.717, 1.165) is 15.4 Å². The Morgan fingerprint density at radius 2 is 1.65 bits per heavy atom. The van der Waals surface area contributed by atoms with Crippen LogP contribution in [0.15, 0.2) is 82.8 Å². The van der Waals surface area contributed by atoms with Crippen LogP contribution in [0, 0.1) is 0 Å². The second-order valence-electron chi connectivity index (χ2n) is 8.71. The van der Waals surface area contributed by atoms with E-state index in [4.69, 9.17) is 9.47 Å². The van der Waals surface area contributed by atoms with E-state index in [9.17, 15) is 13.2 Å². The SMILES string of the molecule is COc1ccc(S(=O)(=O)N(CCc2ccccc2)CC(=O)N/N=C\c2ccc(C(C)C)cc2)cc1OC. The number of hydrogen-bond donors (Lipinski definition) is 1. The van der Waals surface area contributed by atoms with Gasteiger partial charge in [0, 0.05) is 12.6 Å².